The number of aromatic nitrogens is 2. The molecule has 0 fully saturated rings. The number of nitrogens with zero attached hydrogens (tertiary/aromatic N) is 2. The predicted octanol–water partition coefficient (Wildman–Crippen LogP) is 4.05. The quantitative estimate of drug-likeness (QED) is 0.792. The number of rotatable bonds is 3. The van der Waals surface area contributed by atoms with Gasteiger partial charge in [-0.15, -0.1) is 11.6 Å². The van der Waals surface area contributed by atoms with Gasteiger partial charge in [-0.1, -0.05) is 0 Å². The van der Waals surface area contributed by atoms with E-state index in [-0.39, 0.29) is 5.54 Å². The number of alkyl halides is 1. The van der Waals surface area contributed by atoms with E-state index in [0.717, 1.165) is 22.6 Å². The van der Waals surface area contributed by atoms with Gasteiger partial charge in [0.2, 0.25) is 0 Å². The minimum atomic E-state index is -0.0501. The SMILES string of the molecule is COc1ccc(-c2nn(C(C)(C)C)cc2CCl)cc1. The molecule has 2 aromatic rings. The molecule has 0 aliphatic rings. The van der Waals surface area contributed by atoms with Crippen molar-refractivity contribution in [2.24, 2.45) is 0 Å². The molecule has 0 unspecified atom stereocenters. The van der Waals surface area contributed by atoms with Gasteiger partial charge in [0.05, 0.1) is 24.2 Å². The first-order valence-corrected chi connectivity index (χ1v) is 6.78. The number of halogens is 1. The van der Waals surface area contributed by atoms with Crippen molar-refractivity contribution in [1.82, 2.24) is 9.78 Å². The average molecular weight is 279 g/mol. The first kappa shape index (κ1) is 13.9. The number of methoxy groups -OCH3 is 1. The molecule has 1 heterocycles. The number of benzene rings is 1. The molecule has 0 radical (unpaired) electrons. The van der Waals surface area contributed by atoms with Crippen LogP contribution in [0.25, 0.3) is 11.3 Å². The molecule has 0 atom stereocenters. The van der Waals surface area contributed by atoms with Crippen LogP contribution in [0.15, 0.2) is 30.5 Å². The molecule has 102 valence electrons. The van der Waals surface area contributed by atoms with Gasteiger partial charge in [-0.2, -0.15) is 5.10 Å². The van der Waals surface area contributed by atoms with Gasteiger partial charge in [-0.05, 0) is 45.0 Å². The molecule has 0 aliphatic carbocycles. The van der Waals surface area contributed by atoms with Crippen molar-refractivity contribution in [1.29, 1.82) is 0 Å². The molecule has 1 aromatic heterocycles. The average Bonchev–Trinajstić information content (AvgIpc) is 2.83. The van der Waals surface area contributed by atoms with Crippen LogP contribution in [0.1, 0.15) is 26.3 Å². The second kappa shape index (κ2) is 5.25. The molecule has 0 bridgehead atoms. The standard InChI is InChI=1S/C15H19ClN2O/c1-15(2,3)18-10-12(9-16)14(17-18)11-5-7-13(19-4)8-6-11/h5-8,10H,9H2,1-4H3. The van der Waals surface area contributed by atoms with Gasteiger partial charge in [-0.25, -0.2) is 0 Å². The molecular formula is C15H19ClN2O. The van der Waals surface area contributed by atoms with E-state index in [4.69, 9.17) is 16.3 Å². The smallest absolute Gasteiger partial charge is 0.118 e. The summed E-state index contributed by atoms with van der Waals surface area (Å²) in [7, 11) is 1.66. The fourth-order valence-corrected chi connectivity index (χ4v) is 2.04. The topological polar surface area (TPSA) is 27.1 Å². The fourth-order valence-electron chi connectivity index (χ4n) is 1.84. The minimum absolute atomic E-state index is 0.0501. The van der Waals surface area contributed by atoms with Crippen molar-refractivity contribution in [3.8, 4) is 17.0 Å². The minimum Gasteiger partial charge on any atom is -0.497 e. The monoisotopic (exact) mass is 278 g/mol. The molecule has 0 aliphatic heterocycles. The largest absolute Gasteiger partial charge is 0.497 e. The van der Waals surface area contributed by atoms with Gasteiger partial charge >= 0.3 is 0 Å². The van der Waals surface area contributed by atoms with Crippen molar-refractivity contribution in [2.75, 3.05) is 7.11 Å². The van der Waals surface area contributed by atoms with Crippen LogP contribution < -0.4 is 4.74 Å². The molecule has 1 aromatic carbocycles. The summed E-state index contributed by atoms with van der Waals surface area (Å²) in [6.07, 6.45) is 2.02. The van der Waals surface area contributed by atoms with Crippen molar-refractivity contribution in [3.05, 3.63) is 36.0 Å². The van der Waals surface area contributed by atoms with Crippen LogP contribution in [-0.2, 0) is 11.4 Å². The summed E-state index contributed by atoms with van der Waals surface area (Å²) in [5.74, 6) is 1.30. The van der Waals surface area contributed by atoms with E-state index in [0.29, 0.717) is 5.88 Å². The van der Waals surface area contributed by atoms with Crippen LogP contribution in [-0.4, -0.2) is 16.9 Å². The lowest BCUT2D eigenvalue weighted by Crippen LogP contribution is -2.22. The Kier molecular flexibility index (Phi) is 3.85. The molecule has 0 N–H and O–H groups in total. The second-order valence-electron chi connectivity index (χ2n) is 5.48. The molecule has 4 heteroatoms. The van der Waals surface area contributed by atoms with E-state index >= 15 is 0 Å². The lowest BCUT2D eigenvalue weighted by atomic mass is 10.1. The first-order chi connectivity index (χ1) is 8.95. The van der Waals surface area contributed by atoms with E-state index < -0.39 is 0 Å². The summed E-state index contributed by atoms with van der Waals surface area (Å²) in [4.78, 5) is 0. The molecular weight excluding hydrogens is 260 g/mol. The third-order valence-corrected chi connectivity index (χ3v) is 3.27. The van der Waals surface area contributed by atoms with Crippen LogP contribution in [0.5, 0.6) is 5.75 Å². The Hall–Kier alpha value is -1.48. The third kappa shape index (κ3) is 2.92. The molecule has 0 saturated heterocycles. The van der Waals surface area contributed by atoms with Crippen LogP contribution in [0, 0.1) is 0 Å². The van der Waals surface area contributed by atoms with Gasteiger partial charge in [0, 0.05) is 17.3 Å². The molecule has 3 nitrogen and oxygen atoms in total. The maximum absolute atomic E-state index is 6.03. The Bertz CT molecular complexity index is 553. The third-order valence-electron chi connectivity index (χ3n) is 2.98. The van der Waals surface area contributed by atoms with Gasteiger partial charge in [0.25, 0.3) is 0 Å². The number of ether oxygens (including phenoxy) is 1. The van der Waals surface area contributed by atoms with Gasteiger partial charge < -0.3 is 4.74 Å². The van der Waals surface area contributed by atoms with Crippen LogP contribution in [0.2, 0.25) is 0 Å². The Balaban J connectivity index is 2.45. The van der Waals surface area contributed by atoms with Crippen LogP contribution in [0.3, 0.4) is 0 Å². The Morgan fingerprint density at radius 3 is 2.32 bits per heavy atom. The molecule has 19 heavy (non-hydrogen) atoms. The maximum Gasteiger partial charge on any atom is 0.118 e. The summed E-state index contributed by atoms with van der Waals surface area (Å²) in [5.41, 5.74) is 2.99. The highest BCUT2D eigenvalue weighted by Gasteiger charge is 2.18. The Morgan fingerprint density at radius 2 is 1.84 bits per heavy atom. The van der Waals surface area contributed by atoms with E-state index in [1.165, 1.54) is 0 Å². The highest BCUT2D eigenvalue weighted by Crippen LogP contribution is 2.27. The Morgan fingerprint density at radius 1 is 1.21 bits per heavy atom. The molecule has 0 spiro atoms. The highest BCUT2D eigenvalue weighted by molar-refractivity contribution is 6.17. The number of hydrogen-bond acceptors (Lipinski definition) is 2. The van der Waals surface area contributed by atoms with Crippen molar-refractivity contribution in [3.63, 3.8) is 0 Å². The van der Waals surface area contributed by atoms with E-state index in [2.05, 4.69) is 25.9 Å². The molecule has 2 rings (SSSR count). The zero-order valence-corrected chi connectivity index (χ0v) is 12.5. The Labute approximate surface area is 119 Å². The first-order valence-electron chi connectivity index (χ1n) is 6.25. The van der Waals surface area contributed by atoms with Crippen LogP contribution >= 0.6 is 11.6 Å². The summed E-state index contributed by atoms with van der Waals surface area (Å²) in [5, 5.41) is 4.67. The lowest BCUT2D eigenvalue weighted by Gasteiger charge is -2.18. The van der Waals surface area contributed by atoms with E-state index in [9.17, 15) is 0 Å². The second-order valence-corrected chi connectivity index (χ2v) is 5.75. The summed E-state index contributed by atoms with van der Waals surface area (Å²) in [6.45, 7) is 6.36. The van der Waals surface area contributed by atoms with Crippen molar-refractivity contribution >= 4 is 11.6 Å². The summed E-state index contributed by atoms with van der Waals surface area (Å²) >= 11 is 6.03. The zero-order valence-electron chi connectivity index (χ0n) is 11.8. The van der Waals surface area contributed by atoms with E-state index in [1.807, 2.05) is 35.1 Å². The van der Waals surface area contributed by atoms with Crippen molar-refractivity contribution in [2.45, 2.75) is 32.2 Å². The van der Waals surface area contributed by atoms with Crippen molar-refractivity contribution < 1.29 is 4.74 Å². The lowest BCUT2D eigenvalue weighted by molar-refractivity contribution is 0.356. The van der Waals surface area contributed by atoms with Gasteiger partial charge in [0.15, 0.2) is 0 Å². The van der Waals surface area contributed by atoms with E-state index in [1.54, 1.807) is 7.11 Å². The predicted molar refractivity (Wildman–Crippen MR) is 78.8 cm³/mol. The summed E-state index contributed by atoms with van der Waals surface area (Å²) in [6, 6.07) is 7.88. The maximum atomic E-state index is 6.03. The molecule has 0 saturated carbocycles. The molecule has 0 amide bonds. The number of hydrogen-bond donors (Lipinski definition) is 0. The van der Waals surface area contributed by atoms with Crippen LogP contribution in [0.4, 0.5) is 0 Å². The summed E-state index contributed by atoms with van der Waals surface area (Å²) < 4.78 is 7.13. The van der Waals surface area contributed by atoms with Gasteiger partial charge in [0.1, 0.15) is 5.75 Å². The van der Waals surface area contributed by atoms with Gasteiger partial charge in [-0.3, -0.25) is 4.68 Å². The zero-order chi connectivity index (χ0) is 14.0. The fraction of sp³-hybridized carbons (Fsp3) is 0.400. The normalized spacial score (nSPS) is 11.6. The highest BCUT2D eigenvalue weighted by atomic mass is 35.5.